The second-order valence-corrected chi connectivity index (χ2v) is 6.94. The van der Waals surface area contributed by atoms with Gasteiger partial charge in [0.25, 0.3) is 15.7 Å². The average molecular weight is 334 g/mol. The summed E-state index contributed by atoms with van der Waals surface area (Å²) in [5, 5.41) is 10.6. The molecule has 0 heterocycles. The minimum absolute atomic E-state index is 0.0120. The Bertz CT molecular complexity index is 801. The van der Waals surface area contributed by atoms with Crippen molar-refractivity contribution < 1.29 is 13.3 Å². The third-order valence-electron chi connectivity index (χ3n) is 3.71. The van der Waals surface area contributed by atoms with Crippen LogP contribution in [0.2, 0.25) is 0 Å². The van der Waals surface area contributed by atoms with Crippen LogP contribution in [0.4, 0.5) is 11.4 Å². The summed E-state index contributed by atoms with van der Waals surface area (Å²) in [6.07, 6.45) is 0.885. The van der Waals surface area contributed by atoms with E-state index >= 15 is 0 Å². The van der Waals surface area contributed by atoms with Crippen LogP contribution in [0, 0.1) is 10.1 Å². The van der Waals surface area contributed by atoms with E-state index in [1.54, 1.807) is 12.1 Å². The van der Waals surface area contributed by atoms with Crippen molar-refractivity contribution in [1.29, 1.82) is 0 Å². The summed E-state index contributed by atoms with van der Waals surface area (Å²) >= 11 is 0. The maximum Gasteiger partial charge on any atom is 0.269 e. The predicted molar refractivity (Wildman–Crippen MR) is 89.1 cm³/mol. The summed E-state index contributed by atoms with van der Waals surface area (Å²) in [5.41, 5.74) is 1.30. The first-order chi connectivity index (χ1) is 10.8. The Labute approximate surface area is 135 Å². The number of nitrogens with one attached hydrogen (secondary N) is 1. The number of nitro groups is 1. The predicted octanol–water partition coefficient (Wildman–Crippen LogP) is 3.91. The third kappa shape index (κ3) is 3.87. The molecule has 1 atom stereocenters. The van der Waals surface area contributed by atoms with E-state index in [1.165, 1.54) is 24.3 Å². The van der Waals surface area contributed by atoms with Crippen molar-refractivity contribution in [2.75, 3.05) is 4.72 Å². The van der Waals surface area contributed by atoms with Crippen molar-refractivity contribution in [3.05, 3.63) is 64.2 Å². The van der Waals surface area contributed by atoms with E-state index in [4.69, 9.17) is 0 Å². The number of sulfonamides is 1. The smallest absolute Gasteiger partial charge is 0.269 e. The molecule has 0 aliphatic carbocycles. The zero-order valence-electron chi connectivity index (χ0n) is 12.9. The van der Waals surface area contributed by atoms with Gasteiger partial charge in [0.1, 0.15) is 0 Å². The topological polar surface area (TPSA) is 89.3 Å². The van der Waals surface area contributed by atoms with E-state index in [0.717, 1.165) is 12.0 Å². The summed E-state index contributed by atoms with van der Waals surface area (Å²) in [7, 11) is -3.79. The van der Waals surface area contributed by atoms with Gasteiger partial charge >= 0.3 is 0 Å². The molecule has 0 radical (unpaired) electrons. The first kappa shape index (κ1) is 17.0. The van der Waals surface area contributed by atoms with Gasteiger partial charge in [0.15, 0.2) is 0 Å². The number of hydrogen-bond donors (Lipinski definition) is 1. The Morgan fingerprint density at radius 1 is 1.13 bits per heavy atom. The van der Waals surface area contributed by atoms with E-state index in [0.29, 0.717) is 5.69 Å². The third-order valence-corrected chi connectivity index (χ3v) is 5.09. The summed E-state index contributed by atoms with van der Waals surface area (Å²) in [5.74, 6) is 0.214. The molecule has 0 saturated heterocycles. The van der Waals surface area contributed by atoms with Crippen molar-refractivity contribution in [2.24, 2.45) is 0 Å². The van der Waals surface area contributed by atoms with E-state index in [9.17, 15) is 18.5 Å². The average Bonchev–Trinajstić information content (AvgIpc) is 2.54. The first-order valence-corrected chi connectivity index (χ1v) is 8.69. The number of rotatable bonds is 6. The number of para-hydroxylation sites is 1. The SMILES string of the molecule is CCC(C)c1ccccc1NS(=O)(=O)c1ccc([N+](=O)[O-])cc1. The lowest BCUT2D eigenvalue weighted by Crippen LogP contribution is -2.14. The van der Waals surface area contributed by atoms with Gasteiger partial charge in [0.05, 0.1) is 15.5 Å². The van der Waals surface area contributed by atoms with Crippen LogP contribution in [-0.2, 0) is 10.0 Å². The van der Waals surface area contributed by atoms with Crippen LogP contribution in [0.25, 0.3) is 0 Å². The summed E-state index contributed by atoms with van der Waals surface area (Å²) in [6.45, 7) is 4.06. The maximum absolute atomic E-state index is 12.5. The van der Waals surface area contributed by atoms with Crippen LogP contribution in [0.1, 0.15) is 31.7 Å². The van der Waals surface area contributed by atoms with Crippen LogP contribution in [-0.4, -0.2) is 13.3 Å². The molecule has 7 heteroatoms. The molecule has 0 aliphatic rings. The number of non-ortho nitro benzene ring substituents is 1. The second-order valence-electron chi connectivity index (χ2n) is 5.25. The van der Waals surface area contributed by atoms with E-state index in [1.807, 2.05) is 26.0 Å². The van der Waals surface area contributed by atoms with Crippen molar-refractivity contribution in [3.8, 4) is 0 Å². The number of nitrogens with zero attached hydrogens (tertiary/aromatic N) is 1. The Kier molecular flexibility index (Phi) is 5.00. The second kappa shape index (κ2) is 6.78. The zero-order chi connectivity index (χ0) is 17.0. The molecular formula is C16H18N2O4S. The van der Waals surface area contributed by atoms with E-state index < -0.39 is 14.9 Å². The zero-order valence-corrected chi connectivity index (χ0v) is 13.7. The minimum Gasteiger partial charge on any atom is -0.279 e. The van der Waals surface area contributed by atoms with Crippen molar-refractivity contribution in [2.45, 2.75) is 31.1 Å². The number of hydrogen-bond acceptors (Lipinski definition) is 4. The van der Waals surface area contributed by atoms with Crippen molar-refractivity contribution >= 4 is 21.4 Å². The molecule has 23 heavy (non-hydrogen) atoms. The van der Waals surface area contributed by atoms with Gasteiger partial charge in [0, 0.05) is 12.1 Å². The van der Waals surface area contributed by atoms with Crippen molar-refractivity contribution in [3.63, 3.8) is 0 Å². The Morgan fingerprint density at radius 2 is 1.74 bits per heavy atom. The molecular weight excluding hydrogens is 316 g/mol. The van der Waals surface area contributed by atoms with Gasteiger partial charge in [-0.25, -0.2) is 8.42 Å². The van der Waals surface area contributed by atoms with Crippen LogP contribution in [0.3, 0.4) is 0 Å². The molecule has 1 unspecified atom stereocenters. The summed E-state index contributed by atoms with van der Waals surface area (Å²) in [4.78, 5) is 10.1. The summed E-state index contributed by atoms with van der Waals surface area (Å²) in [6, 6.07) is 12.0. The minimum atomic E-state index is -3.79. The Hall–Kier alpha value is -2.41. The molecule has 0 aliphatic heterocycles. The lowest BCUT2D eigenvalue weighted by atomic mass is 9.97. The number of anilines is 1. The van der Waals surface area contributed by atoms with Crippen molar-refractivity contribution in [1.82, 2.24) is 0 Å². The standard InChI is InChI=1S/C16H18N2O4S/c1-3-12(2)15-6-4-5-7-16(15)17-23(21,22)14-10-8-13(9-11-14)18(19)20/h4-12,17H,3H2,1-2H3. The molecule has 0 amide bonds. The maximum atomic E-state index is 12.5. The number of benzene rings is 2. The molecule has 0 aromatic heterocycles. The highest BCUT2D eigenvalue weighted by Crippen LogP contribution is 2.28. The molecule has 0 bridgehead atoms. The van der Waals surface area contributed by atoms with Gasteiger partial charge in [-0.3, -0.25) is 14.8 Å². The lowest BCUT2D eigenvalue weighted by Gasteiger charge is -2.16. The molecule has 2 rings (SSSR count). The highest BCUT2D eigenvalue weighted by atomic mass is 32.2. The molecule has 0 saturated carbocycles. The molecule has 0 spiro atoms. The fourth-order valence-corrected chi connectivity index (χ4v) is 3.28. The monoisotopic (exact) mass is 334 g/mol. The molecule has 2 aromatic carbocycles. The quantitative estimate of drug-likeness (QED) is 0.640. The molecule has 0 fully saturated rings. The fourth-order valence-electron chi connectivity index (χ4n) is 2.19. The Morgan fingerprint density at radius 3 is 2.30 bits per heavy atom. The van der Waals surface area contributed by atoms with Gasteiger partial charge in [-0.2, -0.15) is 0 Å². The van der Waals surface area contributed by atoms with Gasteiger partial charge in [-0.1, -0.05) is 32.0 Å². The highest BCUT2D eigenvalue weighted by Gasteiger charge is 2.18. The van der Waals surface area contributed by atoms with Gasteiger partial charge < -0.3 is 0 Å². The van der Waals surface area contributed by atoms with E-state index in [2.05, 4.69) is 4.72 Å². The van der Waals surface area contributed by atoms with Gasteiger partial charge in [-0.05, 0) is 36.1 Å². The lowest BCUT2D eigenvalue weighted by molar-refractivity contribution is -0.384. The highest BCUT2D eigenvalue weighted by molar-refractivity contribution is 7.92. The van der Waals surface area contributed by atoms with Crippen LogP contribution >= 0.6 is 0 Å². The first-order valence-electron chi connectivity index (χ1n) is 7.21. The Balaban J connectivity index is 2.33. The normalized spacial score (nSPS) is 12.6. The number of nitro benzene ring substituents is 1. The van der Waals surface area contributed by atoms with Crippen LogP contribution in [0.15, 0.2) is 53.4 Å². The molecule has 122 valence electrons. The molecule has 2 aromatic rings. The van der Waals surface area contributed by atoms with Crippen LogP contribution in [0.5, 0.6) is 0 Å². The molecule has 1 N–H and O–H groups in total. The van der Waals surface area contributed by atoms with Gasteiger partial charge in [-0.15, -0.1) is 0 Å². The van der Waals surface area contributed by atoms with Crippen LogP contribution < -0.4 is 4.72 Å². The molecule has 6 nitrogen and oxygen atoms in total. The van der Waals surface area contributed by atoms with E-state index in [-0.39, 0.29) is 16.5 Å². The largest absolute Gasteiger partial charge is 0.279 e. The van der Waals surface area contributed by atoms with Gasteiger partial charge in [0.2, 0.25) is 0 Å². The fraction of sp³-hybridized carbons (Fsp3) is 0.250. The summed E-state index contributed by atoms with van der Waals surface area (Å²) < 4.78 is 27.5.